The third kappa shape index (κ3) is 5.44. The molecule has 0 saturated carbocycles. The highest BCUT2D eigenvalue weighted by molar-refractivity contribution is 7.10. The van der Waals surface area contributed by atoms with E-state index < -0.39 is 6.04 Å². The van der Waals surface area contributed by atoms with Gasteiger partial charge in [0.2, 0.25) is 17.7 Å². The third-order valence-corrected chi connectivity index (χ3v) is 6.06. The van der Waals surface area contributed by atoms with Gasteiger partial charge < -0.3 is 14.7 Å². The lowest BCUT2D eigenvalue weighted by atomic mass is 9.96. The molecule has 0 spiro atoms. The Balaban J connectivity index is 1.55. The summed E-state index contributed by atoms with van der Waals surface area (Å²) in [5.74, 6) is 0.916. The number of rotatable bonds is 7. The van der Waals surface area contributed by atoms with Gasteiger partial charge in [-0.05, 0) is 29.9 Å². The molecule has 8 heteroatoms. The number of carbonyl (C=O) groups excluding carboxylic acids is 2. The van der Waals surface area contributed by atoms with E-state index in [1.165, 1.54) is 10.4 Å². The first kappa shape index (κ1) is 21.5. The van der Waals surface area contributed by atoms with Crippen LogP contribution < -0.4 is 5.32 Å². The van der Waals surface area contributed by atoms with Gasteiger partial charge >= 0.3 is 0 Å². The molecule has 2 aromatic rings. The van der Waals surface area contributed by atoms with Crippen LogP contribution in [-0.4, -0.2) is 39.4 Å². The molecule has 2 aromatic heterocycles. The van der Waals surface area contributed by atoms with Gasteiger partial charge in [-0.3, -0.25) is 9.59 Å². The molecular weight excluding hydrogens is 388 g/mol. The van der Waals surface area contributed by atoms with Gasteiger partial charge in [0.05, 0.1) is 0 Å². The molecule has 1 aliphatic heterocycles. The van der Waals surface area contributed by atoms with Crippen LogP contribution in [-0.2, 0) is 34.4 Å². The monoisotopic (exact) mass is 418 g/mol. The van der Waals surface area contributed by atoms with E-state index in [1.807, 2.05) is 32.6 Å². The molecule has 7 nitrogen and oxygen atoms in total. The van der Waals surface area contributed by atoms with E-state index in [2.05, 4.69) is 26.9 Å². The SMILES string of the molecule is CCCC(NC(=O)CCc1nc(C(C)(C)C)no1)C(=O)N1CCc2sccc2C1. The van der Waals surface area contributed by atoms with Crippen LogP contribution in [0.4, 0.5) is 0 Å². The van der Waals surface area contributed by atoms with Crippen LogP contribution in [0.2, 0.25) is 0 Å². The van der Waals surface area contributed by atoms with Crippen molar-refractivity contribution in [1.82, 2.24) is 20.4 Å². The van der Waals surface area contributed by atoms with Gasteiger partial charge in [-0.25, -0.2) is 0 Å². The number of nitrogens with one attached hydrogen (secondary N) is 1. The van der Waals surface area contributed by atoms with Crippen molar-refractivity contribution >= 4 is 23.2 Å². The Morgan fingerprint density at radius 1 is 1.38 bits per heavy atom. The van der Waals surface area contributed by atoms with Crippen LogP contribution in [0.15, 0.2) is 16.0 Å². The number of carbonyl (C=O) groups is 2. The number of amides is 2. The molecule has 0 fully saturated rings. The molecule has 1 unspecified atom stereocenters. The zero-order valence-electron chi connectivity index (χ0n) is 17.7. The number of nitrogens with zero attached hydrogens (tertiary/aromatic N) is 3. The molecular formula is C21H30N4O3S. The summed E-state index contributed by atoms with van der Waals surface area (Å²) in [7, 11) is 0. The largest absolute Gasteiger partial charge is 0.344 e. The lowest BCUT2D eigenvalue weighted by Crippen LogP contribution is -2.49. The maximum absolute atomic E-state index is 13.0. The van der Waals surface area contributed by atoms with Crippen LogP contribution in [0.25, 0.3) is 0 Å². The Bertz CT molecular complexity index is 852. The topological polar surface area (TPSA) is 88.3 Å². The number of hydrogen-bond acceptors (Lipinski definition) is 6. The van der Waals surface area contributed by atoms with Crippen LogP contribution in [0.1, 0.15) is 69.1 Å². The van der Waals surface area contributed by atoms with Crippen molar-refractivity contribution in [3.63, 3.8) is 0 Å². The van der Waals surface area contributed by atoms with E-state index in [-0.39, 0.29) is 23.7 Å². The summed E-state index contributed by atoms with van der Waals surface area (Å²) in [5, 5.41) is 8.98. The zero-order chi connectivity index (χ0) is 21.0. The standard InChI is InChI=1S/C21H30N4O3S/c1-5-6-15(19(27)25-11-9-16-14(13-25)10-12-29-16)22-17(26)7-8-18-23-20(24-28-18)21(2,3)4/h10,12,15H,5-9,11,13H2,1-4H3,(H,22,26). The summed E-state index contributed by atoms with van der Waals surface area (Å²) in [6, 6.07) is 1.60. The smallest absolute Gasteiger partial charge is 0.245 e. The molecule has 158 valence electrons. The summed E-state index contributed by atoms with van der Waals surface area (Å²) in [5.41, 5.74) is 1.03. The second-order valence-corrected chi connectivity index (χ2v) is 9.55. The maximum atomic E-state index is 13.0. The average molecular weight is 419 g/mol. The molecule has 3 heterocycles. The van der Waals surface area contributed by atoms with Crippen molar-refractivity contribution in [3.8, 4) is 0 Å². The summed E-state index contributed by atoms with van der Waals surface area (Å²) in [4.78, 5) is 33.1. The zero-order valence-corrected chi connectivity index (χ0v) is 18.5. The lowest BCUT2D eigenvalue weighted by molar-refractivity contribution is -0.137. The van der Waals surface area contributed by atoms with Gasteiger partial charge in [-0.1, -0.05) is 39.3 Å². The molecule has 3 rings (SSSR count). The minimum Gasteiger partial charge on any atom is -0.344 e. The van der Waals surface area contributed by atoms with E-state index in [0.29, 0.717) is 37.6 Å². The van der Waals surface area contributed by atoms with Crippen molar-refractivity contribution < 1.29 is 14.1 Å². The van der Waals surface area contributed by atoms with Crippen LogP contribution >= 0.6 is 11.3 Å². The highest BCUT2D eigenvalue weighted by atomic mass is 32.1. The number of hydrogen-bond donors (Lipinski definition) is 1. The molecule has 1 N–H and O–H groups in total. The van der Waals surface area contributed by atoms with Crippen LogP contribution in [0.5, 0.6) is 0 Å². The fourth-order valence-corrected chi connectivity index (χ4v) is 4.24. The van der Waals surface area contributed by atoms with E-state index in [9.17, 15) is 9.59 Å². The fourth-order valence-electron chi connectivity index (χ4n) is 3.35. The minimum atomic E-state index is -0.486. The molecule has 1 atom stereocenters. The molecule has 0 bridgehead atoms. The number of aryl methyl sites for hydroxylation is 1. The highest BCUT2D eigenvalue weighted by Crippen LogP contribution is 2.24. The highest BCUT2D eigenvalue weighted by Gasteiger charge is 2.28. The average Bonchev–Trinajstić information content (AvgIpc) is 3.33. The Hall–Kier alpha value is -2.22. The molecule has 29 heavy (non-hydrogen) atoms. The summed E-state index contributed by atoms with van der Waals surface area (Å²) < 4.78 is 5.25. The first-order chi connectivity index (χ1) is 13.8. The maximum Gasteiger partial charge on any atom is 0.245 e. The van der Waals surface area contributed by atoms with Gasteiger partial charge in [-0.15, -0.1) is 11.3 Å². The van der Waals surface area contributed by atoms with E-state index in [1.54, 1.807) is 11.3 Å². The Kier molecular flexibility index (Phi) is 6.72. The molecule has 0 aliphatic carbocycles. The van der Waals surface area contributed by atoms with Crippen LogP contribution in [0, 0.1) is 0 Å². The molecule has 0 saturated heterocycles. The van der Waals surface area contributed by atoms with Crippen molar-refractivity contribution in [3.05, 3.63) is 33.6 Å². The van der Waals surface area contributed by atoms with Gasteiger partial charge in [0.15, 0.2) is 5.82 Å². The number of fused-ring (bicyclic) bond motifs is 1. The molecule has 2 amide bonds. The first-order valence-corrected chi connectivity index (χ1v) is 11.1. The normalized spacial score (nSPS) is 15.1. The molecule has 0 aromatic carbocycles. The van der Waals surface area contributed by atoms with Crippen molar-refractivity contribution in [2.45, 2.75) is 77.8 Å². The van der Waals surface area contributed by atoms with Gasteiger partial charge in [-0.2, -0.15) is 4.98 Å². The predicted molar refractivity (Wildman–Crippen MR) is 112 cm³/mol. The van der Waals surface area contributed by atoms with Crippen molar-refractivity contribution in [2.75, 3.05) is 6.54 Å². The van der Waals surface area contributed by atoms with E-state index in [4.69, 9.17) is 4.52 Å². The molecule has 0 radical (unpaired) electrons. The Morgan fingerprint density at radius 3 is 2.86 bits per heavy atom. The first-order valence-electron chi connectivity index (χ1n) is 10.2. The van der Waals surface area contributed by atoms with E-state index >= 15 is 0 Å². The summed E-state index contributed by atoms with van der Waals surface area (Å²) >= 11 is 1.75. The fraction of sp³-hybridized carbons (Fsp3) is 0.619. The van der Waals surface area contributed by atoms with Crippen molar-refractivity contribution in [2.24, 2.45) is 0 Å². The number of thiophene rings is 1. The van der Waals surface area contributed by atoms with Crippen molar-refractivity contribution in [1.29, 1.82) is 0 Å². The quantitative estimate of drug-likeness (QED) is 0.746. The Labute approximate surface area is 175 Å². The minimum absolute atomic E-state index is 0.00450. The van der Waals surface area contributed by atoms with Gasteiger partial charge in [0.1, 0.15) is 6.04 Å². The number of aromatic nitrogens is 2. The van der Waals surface area contributed by atoms with Gasteiger partial charge in [0, 0.05) is 36.2 Å². The second-order valence-electron chi connectivity index (χ2n) is 8.55. The van der Waals surface area contributed by atoms with E-state index in [0.717, 1.165) is 12.8 Å². The molecule has 1 aliphatic rings. The summed E-state index contributed by atoms with van der Waals surface area (Å²) in [6.07, 6.45) is 2.93. The second kappa shape index (κ2) is 9.07. The summed E-state index contributed by atoms with van der Waals surface area (Å²) in [6.45, 7) is 9.39. The van der Waals surface area contributed by atoms with Gasteiger partial charge in [0.25, 0.3) is 0 Å². The van der Waals surface area contributed by atoms with Crippen LogP contribution in [0.3, 0.4) is 0 Å². The Morgan fingerprint density at radius 2 is 2.17 bits per heavy atom. The third-order valence-electron chi connectivity index (χ3n) is 5.03. The predicted octanol–water partition coefficient (Wildman–Crippen LogP) is 3.23. The lowest BCUT2D eigenvalue weighted by Gasteiger charge is -2.30.